The average molecular weight is 424 g/mol. The Balaban J connectivity index is 1.23. The van der Waals surface area contributed by atoms with Gasteiger partial charge in [0.1, 0.15) is 23.6 Å². The van der Waals surface area contributed by atoms with E-state index in [-0.39, 0.29) is 11.7 Å². The summed E-state index contributed by atoms with van der Waals surface area (Å²) < 4.78 is 1.94. The van der Waals surface area contributed by atoms with Crippen molar-refractivity contribution in [1.82, 2.24) is 35.0 Å². The van der Waals surface area contributed by atoms with Gasteiger partial charge in [0, 0.05) is 24.8 Å². The highest BCUT2D eigenvalue weighted by Crippen LogP contribution is 2.21. The zero-order valence-electron chi connectivity index (χ0n) is 17.1. The molecule has 0 bridgehead atoms. The van der Waals surface area contributed by atoms with Gasteiger partial charge in [-0.15, -0.1) is 5.10 Å². The van der Waals surface area contributed by atoms with Gasteiger partial charge in [0.15, 0.2) is 0 Å². The number of nitrogens with zero attached hydrogens (tertiary/aromatic N) is 5. The van der Waals surface area contributed by atoms with Crippen LogP contribution in [-0.4, -0.2) is 35.6 Å². The summed E-state index contributed by atoms with van der Waals surface area (Å²) >= 11 is 0. The molecule has 4 N–H and O–H groups in total. The van der Waals surface area contributed by atoms with E-state index in [4.69, 9.17) is 5.73 Å². The highest BCUT2D eigenvalue weighted by molar-refractivity contribution is 5.90. The van der Waals surface area contributed by atoms with Crippen molar-refractivity contribution in [3.8, 4) is 5.69 Å². The number of hydrogen-bond acceptors (Lipinski definition) is 6. The Kier molecular flexibility index (Phi) is 5.04. The lowest BCUT2D eigenvalue weighted by Gasteiger charge is -2.07. The number of carbonyl (C=O) groups is 1. The van der Waals surface area contributed by atoms with Crippen LogP contribution in [0.15, 0.2) is 73.2 Å². The van der Waals surface area contributed by atoms with E-state index in [0.717, 1.165) is 27.8 Å². The average Bonchev–Trinajstić information content (AvgIpc) is 3.47. The monoisotopic (exact) mass is 424 g/mol. The molecule has 9 heteroatoms. The van der Waals surface area contributed by atoms with Crippen molar-refractivity contribution < 1.29 is 4.79 Å². The number of aromatic amines is 1. The lowest BCUT2D eigenvalue weighted by molar-refractivity contribution is 0.0941. The van der Waals surface area contributed by atoms with Crippen LogP contribution in [0.3, 0.4) is 0 Å². The van der Waals surface area contributed by atoms with E-state index >= 15 is 0 Å². The van der Waals surface area contributed by atoms with Crippen molar-refractivity contribution in [2.24, 2.45) is 0 Å². The number of fused-ring (bicyclic) bond motifs is 1. The van der Waals surface area contributed by atoms with Crippen LogP contribution < -0.4 is 11.1 Å². The summed E-state index contributed by atoms with van der Waals surface area (Å²) in [6.45, 7) is 0.364. The fourth-order valence-electron chi connectivity index (χ4n) is 3.48. The standard InChI is InChI=1S/C23H20N8O/c24-20-18-10-11-31(22(18)27-14-26-20)17-8-6-16(7-9-17)13-25-23(32)21-28-19(29-30-21)12-15-4-2-1-3-5-15/h1-11,14H,12-13H2,(H,25,32)(H2,24,26,27)(H,28,29,30). The van der Waals surface area contributed by atoms with E-state index in [9.17, 15) is 4.79 Å². The summed E-state index contributed by atoms with van der Waals surface area (Å²) in [6.07, 6.45) is 3.95. The maximum absolute atomic E-state index is 12.4. The summed E-state index contributed by atoms with van der Waals surface area (Å²) in [6, 6.07) is 19.6. The van der Waals surface area contributed by atoms with Crippen molar-refractivity contribution in [2.45, 2.75) is 13.0 Å². The Labute approximate surface area is 183 Å². The van der Waals surface area contributed by atoms with Crippen LogP contribution in [0.2, 0.25) is 0 Å². The van der Waals surface area contributed by atoms with Crippen LogP contribution in [0, 0.1) is 0 Å². The largest absolute Gasteiger partial charge is 0.383 e. The fourth-order valence-corrected chi connectivity index (χ4v) is 3.48. The molecule has 0 radical (unpaired) electrons. The van der Waals surface area contributed by atoms with Gasteiger partial charge in [-0.25, -0.2) is 15.0 Å². The van der Waals surface area contributed by atoms with Gasteiger partial charge in [-0.05, 0) is 29.3 Å². The smallest absolute Gasteiger partial charge is 0.291 e. The second kappa shape index (κ2) is 8.31. The van der Waals surface area contributed by atoms with E-state index in [1.54, 1.807) is 0 Å². The molecular weight excluding hydrogens is 404 g/mol. The quantitative estimate of drug-likeness (QED) is 0.384. The molecule has 0 unspecified atom stereocenters. The lowest BCUT2D eigenvalue weighted by Crippen LogP contribution is -2.24. The molecule has 0 atom stereocenters. The van der Waals surface area contributed by atoms with Crippen molar-refractivity contribution in [2.75, 3.05) is 5.73 Å². The molecule has 0 fully saturated rings. The molecule has 3 heterocycles. The van der Waals surface area contributed by atoms with Crippen molar-refractivity contribution in [1.29, 1.82) is 0 Å². The van der Waals surface area contributed by atoms with Crippen LogP contribution >= 0.6 is 0 Å². The van der Waals surface area contributed by atoms with Gasteiger partial charge >= 0.3 is 0 Å². The molecule has 0 saturated carbocycles. The molecule has 0 spiro atoms. The molecule has 5 rings (SSSR count). The molecule has 1 amide bonds. The molecular formula is C23H20N8O. The Hall–Kier alpha value is -4.53. The third kappa shape index (κ3) is 3.91. The Bertz CT molecular complexity index is 1370. The highest BCUT2D eigenvalue weighted by Gasteiger charge is 2.13. The number of H-pyrrole nitrogens is 1. The van der Waals surface area contributed by atoms with Crippen LogP contribution in [0.25, 0.3) is 16.7 Å². The van der Waals surface area contributed by atoms with Crippen molar-refractivity contribution in [3.63, 3.8) is 0 Å². The zero-order chi connectivity index (χ0) is 21.9. The Morgan fingerprint density at radius 1 is 1.00 bits per heavy atom. The number of aromatic nitrogens is 6. The van der Waals surface area contributed by atoms with Gasteiger partial charge in [-0.1, -0.05) is 42.5 Å². The van der Waals surface area contributed by atoms with Crippen LogP contribution in [-0.2, 0) is 13.0 Å². The van der Waals surface area contributed by atoms with Crippen molar-refractivity contribution >= 4 is 22.8 Å². The Morgan fingerprint density at radius 3 is 2.62 bits per heavy atom. The van der Waals surface area contributed by atoms with Gasteiger partial charge in [0.05, 0.1) is 5.39 Å². The number of rotatable bonds is 6. The summed E-state index contributed by atoms with van der Waals surface area (Å²) in [7, 11) is 0. The van der Waals surface area contributed by atoms with E-state index < -0.39 is 0 Å². The highest BCUT2D eigenvalue weighted by atomic mass is 16.2. The minimum absolute atomic E-state index is 0.128. The topological polar surface area (TPSA) is 127 Å². The number of nitrogens with one attached hydrogen (secondary N) is 2. The predicted molar refractivity (Wildman–Crippen MR) is 120 cm³/mol. The van der Waals surface area contributed by atoms with Gasteiger partial charge in [0.25, 0.3) is 5.91 Å². The van der Waals surface area contributed by atoms with E-state index in [1.165, 1.54) is 6.33 Å². The number of nitrogens with two attached hydrogens (primary N) is 1. The first-order chi connectivity index (χ1) is 15.7. The molecule has 0 saturated heterocycles. The zero-order valence-corrected chi connectivity index (χ0v) is 17.1. The molecule has 3 aromatic heterocycles. The number of carbonyl (C=O) groups excluding carboxylic acids is 1. The van der Waals surface area contributed by atoms with Gasteiger partial charge in [-0.3, -0.25) is 9.89 Å². The Morgan fingerprint density at radius 2 is 1.81 bits per heavy atom. The maximum Gasteiger partial charge on any atom is 0.291 e. The van der Waals surface area contributed by atoms with E-state index in [2.05, 4.69) is 30.5 Å². The summed E-state index contributed by atoms with van der Waals surface area (Å²) in [4.78, 5) is 25.1. The van der Waals surface area contributed by atoms with Crippen LogP contribution in [0.1, 0.15) is 27.6 Å². The van der Waals surface area contributed by atoms with Crippen LogP contribution in [0.4, 0.5) is 5.82 Å². The van der Waals surface area contributed by atoms with E-state index in [0.29, 0.717) is 24.6 Å². The second-order valence-corrected chi connectivity index (χ2v) is 7.30. The predicted octanol–water partition coefficient (Wildman–Crippen LogP) is 2.64. The van der Waals surface area contributed by atoms with Gasteiger partial charge < -0.3 is 15.6 Å². The normalized spacial score (nSPS) is 11.0. The van der Waals surface area contributed by atoms with E-state index in [1.807, 2.05) is 71.4 Å². The number of hydrogen-bond donors (Lipinski definition) is 3. The molecule has 32 heavy (non-hydrogen) atoms. The van der Waals surface area contributed by atoms with Crippen molar-refractivity contribution in [3.05, 3.63) is 96.0 Å². The molecule has 9 nitrogen and oxygen atoms in total. The molecule has 5 aromatic rings. The SMILES string of the molecule is Nc1ncnc2c1ccn2-c1ccc(CNC(=O)c2n[nH]c(Cc3ccccc3)n2)cc1. The first kappa shape index (κ1) is 19.4. The molecule has 2 aromatic carbocycles. The number of benzene rings is 2. The summed E-state index contributed by atoms with van der Waals surface area (Å²) in [5.41, 5.74) is 9.64. The number of anilines is 1. The molecule has 0 aliphatic heterocycles. The van der Waals surface area contributed by atoms with Gasteiger partial charge in [-0.2, -0.15) is 0 Å². The number of amides is 1. The van der Waals surface area contributed by atoms with Gasteiger partial charge in [0.2, 0.25) is 5.82 Å². The lowest BCUT2D eigenvalue weighted by atomic mass is 10.1. The fraction of sp³-hybridized carbons (Fsp3) is 0.0870. The second-order valence-electron chi connectivity index (χ2n) is 7.30. The molecule has 158 valence electrons. The first-order valence-electron chi connectivity index (χ1n) is 10.1. The molecule has 0 aliphatic rings. The van der Waals surface area contributed by atoms with Crippen LogP contribution in [0.5, 0.6) is 0 Å². The maximum atomic E-state index is 12.4. The molecule has 0 aliphatic carbocycles. The third-order valence-electron chi connectivity index (χ3n) is 5.13. The minimum atomic E-state index is -0.326. The summed E-state index contributed by atoms with van der Waals surface area (Å²) in [5, 5.41) is 10.5. The minimum Gasteiger partial charge on any atom is -0.383 e. The first-order valence-corrected chi connectivity index (χ1v) is 10.1. The number of nitrogen functional groups attached to an aromatic ring is 1. The summed E-state index contributed by atoms with van der Waals surface area (Å²) in [5.74, 6) is 0.901. The third-order valence-corrected chi connectivity index (χ3v) is 5.13.